The van der Waals surface area contributed by atoms with Crippen molar-refractivity contribution < 1.29 is 9.59 Å². The highest BCUT2D eigenvalue weighted by atomic mass is 16.2. The van der Waals surface area contributed by atoms with Gasteiger partial charge in [-0.25, -0.2) is 0 Å². The average Bonchev–Trinajstić information content (AvgIpc) is 2.42. The lowest BCUT2D eigenvalue weighted by atomic mass is 10.1. The van der Waals surface area contributed by atoms with E-state index in [0.29, 0.717) is 44.3 Å². The van der Waals surface area contributed by atoms with E-state index < -0.39 is 0 Å². The minimum atomic E-state index is 0.0663. The van der Waals surface area contributed by atoms with Gasteiger partial charge in [-0.15, -0.1) is 0 Å². The molecule has 0 aromatic rings. The van der Waals surface area contributed by atoms with Crippen molar-refractivity contribution in [2.45, 2.75) is 65.8 Å². The van der Waals surface area contributed by atoms with Gasteiger partial charge in [-0.1, -0.05) is 20.8 Å². The van der Waals surface area contributed by atoms with Crippen LogP contribution in [0.25, 0.3) is 0 Å². The fourth-order valence-corrected chi connectivity index (χ4v) is 1.82. The molecule has 1 unspecified atom stereocenters. The molecule has 0 fully saturated rings. The molecule has 0 rings (SSSR count). The van der Waals surface area contributed by atoms with Gasteiger partial charge in [-0.3, -0.25) is 9.59 Å². The summed E-state index contributed by atoms with van der Waals surface area (Å²) in [6.45, 7) is 10.6. The predicted octanol–water partition coefficient (Wildman–Crippen LogP) is 1.82. The number of hydrogen-bond acceptors (Lipinski definition) is 3. The second-order valence-corrected chi connectivity index (χ2v) is 6.02. The summed E-state index contributed by atoms with van der Waals surface area (Å²) in [6.07, 6.45) is 3.78. The Hall–Kier alpha value is -1.10. The van der Waals surface area contributed by atoms with Gasteiger partial charge < -0.3 is 16.0 Å². The predicted molar refractivity (Wildman–Crippen MR) is 87.1 cm³/mol. The molecule has 0 aliphatic rings. The van der Waals surface area contributed by atoms with Crippen LogP contribution in [0.3, 0.4) is 0 Å². The molecule has 124 valence electrons. The third-order valence-corrected chi connectivity index (χ3v) is 3.28. The largest absolute Gasteiger partial charge is 0.356 e. The van der Waals surface area contributed by atoms with Crippen LogP contribution < -0.4 is 16.0 Å². The summed E-state index contributed by atoms with van der Waals surface area (Å²) in [7, 11) is 0. The topological polar surface area (TPSA) is 70.2 Å². The molecule has 0 bridgehead atoms. The first-order chi connectivity index (χ1) is 9.95. The minimum Gasteiger partial charge on any atom is -0.356 e. The fraction of sp³-hybridized carbons (Fsp3) is 0.875. The summed E-state index contributed by atoms with van der Waals surface area (Å²) in [5.41, 5.74) is 0. The standard InChI is InChI=1S/C16H33N3O2/c1-5-14(4)17-10-7-11-18-15(20)8-6-9-19-16(21)12-13(2)3/h13-14,17H,5-12H2,1-4H3,(H,18,20)(H,19,21). The Morgan fingerprint density at radius 2 is 1.52 bits per heavy atom. The summed E-state index contributed by atoms with van der Waals surface area (Å²) in [5, 5.41) is 9.13. The van der Waals surface area contributed by atoms with Crippen LogP contribution in [0.5, 0.6) is 0 Å². The first-order valence-electron chi connectivity index (χ1n) is 8.22. The zero-order chi connectivity index (χ0) is 16.1. The maximum atomic E-state index is 11.6. The Balaban J connectivity index is 3.40. The van der Waals surface area contributed by atoms with E-state index in [1.807, 2.05) is 13.8 Å². The second-order valence-electron chi connectivity index (χ2n) is 6.02. The Bertz CT molecular complexity index is 293. The monoisotopic (exact) mass is 299 g/mol. The van der Waals surface area contributed by atoms with E-state index in [1.165, 1.54) is 0 Å². The molecule has 0 heterocycles. The maximum absolute atomic E-state index is 11.6. The van der Waals surface area contributed by atoms with Gasteiger partial charge in [-0.2, -0.15) is 0 Å². The molecule has 3 N–H and O–H groups in total. The molecule has 5 nitrogen and oxygen atoms in total. The fourth-order valence-electron chi connectivity index (χ4n) is 1.82. The number of nitrogens with one attached hydrogen (secondary N) is 3. The van der Waals surface area contributed by atoms with Crippen LogP contribution in [-0.4, -0.2) is 37.5 Å². The van der Waals surface area contributed by atoms with Gasteiger partial charge in [0.15, 0.2) is 0 Å². The molecule has 5 heteroatoms. The molecule has 0 aromatic carbocycles. The molecule has 0 saturated heterocycles. The lowest BCUT2D eigenvalue weighted by molar-refractivity contribution is -0.123. The zero-order valence-corrected chi connectivity index (χ0v) is 14.1. The average molecular weight is 299 g/mol. The third kappa shape index (κ3) is 13.6. The molecule has 0 saturated carbocycles. The zero-order valence-electron chi connectivity index (χ0n) is 14.1. The highest BCUT2D eigenvalue weighted by Gasteiger charge is 2.05. The highest BCUT2D eigenvalue weighted by molar-refractivity contribution is 5.77. The quantitative estimate of drug-likeness (QED) is 0.481. The Morgan fingerprint density at radius 3 is 2.14 bits per heavy atom. The van der Waals surface area contributed by atoms with Gasteiger partial charge in [0.2, 0.25) is 11.8 Å². The second kappa shape index (κ2) is 12.6. The molecule has 0 aliphatic heterocycles. The van der Waals surface area contributed by atoms with Crippen molar-refractivity contribution in [2.75, 3.05) is 19.6 Å². The lowest BCUT2D eigenvalue weighted by Gasteiger charge is -2.11. The van der Waals surface area contributed by atoms with Crippen molar-refractivity contribution in [3.8, 4) is 0 Å². The van der Waals surface area contributed by atoms with Gasteiger partial charge in [-0.05, 0) is 38.6 Å². The summed E-state index contributed by atoms with van der Waals surface area (Å²) < 4.78 is 0. The molecule has 1 atom stereocenters. The van der Waals surface area contributed by atoms with Gasteiger partial charge in [0, 0.05) is 32.0 Å². The summed E-state index contributed by atoms with van der Waals surface area (Å²) >= 11 is 0. The first-order valence-corrected chi connectivity index (χ1v) is 8.22. The van der Waals surface area contributed by atoms with Crippen LogP contribution in [0.1, 0.15) is 59.8 Å². The molecule has 21 heavy (non-hydrogen) atoms. The van der Waals surface area contributed by atoms with E-state index in [9.17, 15) is 9.59 Å². The number of amides is 2. The van der Waals surface area contributed by atoms with E-state index in [2.05, 4.69) is 29.8 Å². The lowest BCUT2D eigenvalue weighted by Crippen LogP contribution is -2.31. The SMILES string of the molecule is CCC(C)NCCCNC(=O)CCCNC(=O)CC(C)C. The molecular weight excluding hydrogens is 266 g/mol. The van der Waals surface area contributed by atoms with Crippen LogP contribution in [0, 0.1) is 5.92 Å². The number of rotatable bonds is 12. The van der Waals surface area contributed by atoms with Crippen molar-refractivity contribution >= 4 is 11.8 Å². The van der Waals surface area contributed by atoms with Crippen molar-refractivity contribution in [2.24, 2.45) is 5.92 Å². The van der Waals surface area contributed by atoms with Gasteiger partial charge >= 0.3 is 0 Å². The van der Waals surface area contributed by atoms with Crippen LogP contribution in [-0.2, 0) is 9.59 Å². The third-order valence-electron chi connectivity index (χ3n) is 3.28. The smallest absolute Gasteiger partial charge is 0.220 e. The summed E-state index contributed by atoms with van der Waals surface area (Å²) in [4.78, 5) is 23.0. The van der Waals surface area contributed by atoms with E-state index >= 15 is 0 Å². The molecule has 0 aromatic heterocycles. The van der Waals surface area contributed by atoms with Gasteiger partial charge in [0.25, 0.3) is 0 Å². The van der Waals surface area contributed by atoms with E-state index in [4.69, 9.17) is 0 Å². The van der Waals surface area contributed by atoms with Crippen molar-refractivity contribution in [3.63, 3.8) is 0 Å². The van der Waals surface area contributed by atoms with Crippen molar-refractivity contribution in [1.82, 2.24) is 16.0 Å². The van der Waals surface area contributed by atoms with Gasteiger partial charge in [0.05, 0.1) is 0 Å². The molecule has 2 amide bonds. The van der Waals surface area contributed by atoms with Crippen molar-refractivity contribution in [3.05, 3.63) is 0 Å². The number of carbonyl (C=O) groups excluding carboxylic acids is 2. The van der Waals surface area contributed by atoms with Gasteiger partial charge in [0.1, 0.15) is 0 Å². The van der Waals surface area contributed by atoms with Crippen molar-refractivity contribution in [1.29, 1.82) is 0 Å². The van der Waals surface area contributed by atoms with Crippen LogP contribution in [0.2, 0.25) is 0 Å². The van der Waals surface area contributed by atoms with E-state index in [0.717, 1.165) is 19.4 Å². The van der Waals surface area contributed by atoms with Crippen LogP contribution >= 0.6 is 0 Å². The Kier molecular flexibility index (Phi) is 12.0. The van der Waals surface area contributed by atoms with Crippen LogP contribution in [0.15, 0.2) is 0 Å². The number of carbonyl (C=O) groups is 2. The highest BCUT2D eigenvalue weighted by Crippen LogP contribution is 1.98. The summed E-state index contributed by atoms with van der Waals surface area (Å²) in [5.74, 6) is 0.510. The molecule has 0 radical (unpaired) electrons. The minimum absolute atomic E-state index is 0.0663. The molecule has 0 aliphatic carbocycles. The van der Waals surface area contributed by atoms with Crippen LogP contribution in [0.4, 0.5) is 0 Å². The molecule has 0 spiro atoms. The van der Waals surface area contributed by atoms with E-state index in [-0.39, 0.29) is 11.8 Å². The van der Waals surface area contributed by atoms with E-state index in [1.54, 1.807) is 0 Å². The Labute approximate surface area is 129 Å². The molecular formula is C16H33N3O2. The summed E-state index contributed by atoms with van der Waals surface area (Å²) in [6, 6.07) is 0.537. The Morgan fingerprint density at radius 1 is 0.905 bits per heavy atom. The maximum Gasteiger partial charge on any atom is 0.220 e. The normalized spacial score (nSPS) is 12.2. The number of hydrogen-bond donors (Lipinski definition) is 3. The first kappa shape index (κ1) is 19.9.